The molecule has 1 aliphatic heterocycles. The van der Waals surface area contributed by atoms with E-state index >= 15 is 0 Å². The van der Waals surface area contributed by atoms with Gasteiger partial charge in [-0.05, 0) is 30.3 Å². The first-order valence-electron chi connectivity index (χ1n) is 3.74. The monoisotopic (exact) mass is 166 g/mol. The summed E-state index contributed by atoms with van der Waals surface area (Å²) >= 11 is 5.79. The van der Waals surface area contributed by atoms with Crippen LogP contribution in [0.1, 0.15) is 5.56 Å². The largest absolute Gasteiger partial charge is 0.446 e. The summed E-state index contributed by atoms with van der Waals surface area (Å²) in [5, 5.41) is 10.2. The molecule has 0 aliphatic carbocycles. The molecule has 0 radical (unpaired) electrons. The van der Waals surface area contributed by atoms with Gasteiger partial charge in [0.2, 0.25) is 0 Å². The zero-order valence-corrected chi connectivity index (χ0v) is 6.80. The van der Waals surface area contributed by atoms with Gasteiger partial charge in [0.05, 0.1) is 0 Å². The van der Waals surface area contributed by atoms with Gasteiger partial charge in [0.25, 0.3) is 0 Å². The van der Waals surface area contributed by atoms with E-state index in [2.05, 4.69) is 0 Å². The average molecular weight is 166 g/mol. The summed E-state index contributed by atoms with van der Waals surface area (Å²) in [6.07, 6.45) is 1.80. The Balaban J connectivity index is 2.50. The van der Waals surface area contributed by atoms with Crippen molar-refractivity contribution in [2.24, 2.45) is 0 Å². The van der Waals surface area contributed by atoms with Crippen molar-refractivity contribution >= 4 is 24.0 Å². The fourth-order valence-electron chi connectivity index (χ4n) is 1.56. The Morgan fingerprint density at radius 3 is 3.09 bits per heavy atom. The molecule has 0 atom stereocenters. The SMILES string of the molecule is OB1CCc2cc(Cl)ccc21. The summed E-state index contributed by atoms with van der Waals surface area (Å²) in [5.41, 5.74) is 2.25. The third kappa shape index (κ3) is 1.17. The first kappa shape index (κ1) is 7.20. The van der Waals surface area contributed by atoms with Crippen LogP contribution in [-0.4, -0.2) is 11.9 Å². The molecule has 1 aromatic rings. The molecule has 2 rings (SSSR count). The molecule has 0 saturated heterocycles. The van der Waals surface area contributed by atoms with E-state index in [-0.39, 0.29) is 6.92 Å². The van der Waals surface area contributed by atoms with E-state index in [1.807, 2.05) is 18.2 Å². The van der Waals surface area contributed by atoms with Crippen LogP contribution in [-0.2, 0) is 6.42 Å². The van der Waals surface area contributed by atoms with Crippen molar-refractivity contribution in [2.75, 3.05) is 0 Å². The Bertz CT molecular complexity index is 287. The Labute approximate surface area is 71.1 Å². The van der Waals surface area contributed by atoms with Crippen LogP contribution < -0.4 is 5.46 Å². The standard InChI is InChI=1S/C8H8BClO/c10-7-1-2-8-6(5-7)3-4-9(8)11/h1-2,5,11H,3-4H2. The molecule has 0 fully saturated rings. The van der Waals surface area contributed by atoms with Crippen molar-refractivity contribution < 1.29 is 5.02 Å². The lowest BCUT2D eigenvalue weighted by Crippen LogP contribution is -2.25. The van der Waals surface area contributed by atoms with Gasteiger partial charge in [0.1, 0.15) is 0 Å². The van der Waals surface area contributed by atoms with Gasteiger partial charge in [-0.2, -0.15) is 0 Å². The summed E-state index contributed by atoms with van der Waals surface area (Å²) in [5.74, 6) is 0. The zero-order chi connectivity index (χ0) is 7.84. The first-order valence-corrected chi connectivity index (χ1v) is 4.11. The third-order valence-corrected chi connectivity index (χ3v) is 2.39. The Kier molecular flexibility index (Phi) is 1.66. The number of hydrogen-bond acceptors (Lipinski definition) is 1. The van der Waals surface area contributed by atoms with Crippen molar-refractivity contribution in [3.05, 3.63) is 28.8 Å². The van der Waals surface area contributed by atoms with E-state index in [1.54, 1.807) is 0 Å². The third-order valence-electron chi connectivity index (χ3n) is 2.15. The van der Waals surface area contributed by atoms with E-state index in [1.165, 1.54) is 5.56 Å². The van der Waals surface area contributed by atoms with Crippen LogP contribution >= 0.6 is 11.6 Å². The fraction of sp³-hybridized carbons (Fsp3) is 0.250. The van der Waals surface area contributed by atoms with Crippen LogP contribution in [0.25, 0.3) is 0 Å². The molecule has 0 saturated carbocycles. The molecule has 1 aliphatic rings. The second-order valence-corrected chi connectivity index (χ2v) is 3.33. The normalized spacial score (nSPS) is 15.3. The minimum atomic E-state index is -0.262. The molecule has 0 spiro atoms. The highest BCUT2D eigenvalue weighted by Crippen LogP contribution is 2.17. The first-order chi connectivity index (χ1) is 5.27. The predicted molar refractivity (Wildman–Crippen MR) is 47.6 cm³/mol. The van der Waals surface area contributed by atoms with Crippen molar-refractivity contribution in [1.82, 2.24) is 0 Å². The molecule has 1 aromatic carbocycles. The fourth-order valence-corrected chi connectivity index (χ4v) is 1.76. The van der Waals surface area contributed by atoms with Crippen LogP contribution in [0.2, 0.25) is 11.3 Å². The number of aryl methyl sites for hydroxylation is 1. The Morgan fingerprint density at radius 2 is 2.27 bits per heavy atom. The van der Waals surface area contributed by atoms with E-state index in [0.717, 1.165) is 23.2 Å². The van der Waals surface area contributed by atoms with Gasteiger partial charge in [0, 0.05) is 5.02 Å². The summed E-state index contributed by atoms with van der Waals surface area (Å²) in [4.78, 5) is 0. The number of fused-ring (bicyclic) bond motifs is 1. The molecule has 0 aromatic heterocycles. The molecule has 0 bridgehead atoms. The highest BCUT2D eigenvalue weighted by Gasteiger charge is 2.24. The molecule has 1 nitrogen and oxygen atoms in total. The lowest BCUT2D eigenvalue weighted by atomic mass is 9.63. The Hall–Kier alpha value is -0.465. The number of halogens is 1. The van der Waals surface area contributed by atoms with Crippen LogP contribution in [0.5, 0.6) is 0 Å². The van der Waals surface area contributed by atoms with Gasteiger partial charge in [-0.25, -0.2) is 0 Å². The maximum Gasteiger partial charge on any atom is 0.324 e. The van der Waals surface area contributed by atoms with E-state index in [4.69, 9.17) is 11.6 Å². The van der Waals surface area contributed by atoms with E-state index < -0.39 is 0 Å². The topological polar surface area (TPSA) is 20.2 Å². The maximum absolute atomic E-state index is 9.43. The second-order valence-electron chi connectivity index (χ2n) is 2.90. The quantitative estimate of drug-likeness (QED) is 0.572. The van der Waals surface area contributed by atoms with Crippen LogP contribution in [0.15, 0.2) is 18.2 Å². The number of benzene rings is 1. The minimum absolute atomic E-state index is 0.262. The lowest BCUT2D eigenvalue weighted by Gasteiger charge is -1.99. The summed E-state index contributed by atoms with van der Waals surface area (Å²) in [6.45, 7) is -0.262. The van der Waals surface area contributed by atoms with E-state index in [9.17, 15) is 5.02 Å². The molecule has 3 heteroatoms. The number of hydrogen-bond donors (Lipinski definition) is 1. The van der Waals surface area contributed by atoms with Gasteiger partial charge >= 0.3 is 6.92 Å². The van der Waals surface area contributed by atoms with Crippen molar-refractivity contribution in [3.8, 4) is 0 Å². The van der Waals surface area contributed by atoms with Crippen LogP contribution in [0, 0.1) is 0 Å². The summed E-state index contributed by atoms with van der Waals surface area (Å²) < 4.78 is 0. The summed E-state index contributed by atoms with van der Waals surface area (Å²) in [7, 11) is 0. The smallest absolute Gasteiger partial charge is 0.324 e. The summed E-state index contributed by atoms with van der Waals surface area (Å²) in [6, 6.07) is 5.68. The van der Waals surface area contributed by atoms with Crippen molar-refractivity contribution in [2.45, 2.75) is 12.7 Å². The van der Waals surface area contributed by atoms with E-state index in [0.29, 0.717) is 0 Å². The molecule has 0 amide bonds. The van der Waals surface area contributed by atoms with Gasteiger partial charge in [0.15, 0.2) is 0 Å². The molecule has 1 N–H and O–H groups in total. The van der Waals surface area contributed by atoms with Gasteiger partial charge in [-0.3, -0.25) is 0 Å². The zero-order valence-electron chi connectivity index (χ0n) is 6.05. The van der Waals surface area contributed by atoms with Crippen molar-refractivity contribution in [3.63, 3.8) is 0 Å². The van der Waals surface area contributed by atoms with Crippen LogP contribution in [0.4, 0.5) is 0 Å². The van der Waals surface area contributed by atoms with Gasteiger partial charge in [-0.15, -0.1) is 0 Å². The molecular weight excluding hydrogens is 158 g/mol. The van der Waals surface area contributed by atoms with Crippen LogP contribution in [0.3, 0.4) is 0 Å². The molecule has 1 heterocycles. The molecule has 0 unspecified atom stereocenters. The molecule has 11 heavy (non-hydrogen) atoms. The maximum atomic E-state index is 9.43. The van der Waals surface area contributed by atoms with Crippen molar-refractivity contribution in [1.29, 1.82) is 0 Å². The lowest BCUT2D eigenvalue weighted by molar-refractivity contribution is 0.587. The van der Waals surface area contributed by atoms with Gasteiger partial charge in [-0.1, -0.05) is 23.2 Å². The highest BCUT2D eigenvalue weighted by molar-refractivity contribution is 6.68. The molecule has 56 valence electrons. The highest BCUT2D eigenvalue weighted by atomic mass is 35.5. The minimum Gasteiger partial charge on any atom is -0.446 e. The molecular formula is C8H8BClO. The predicted octanol–water partition coefficient (Wildman–Crippen LogP) is 1.09. The van der Waals surface area contributed by atoms with Gasteiger partial charge < -0.3 is 5.02 Å². The second kappa shape index (κ2) is 2.54. The number of rotatable bonds is 0. The Morgan fingerprint density at radius 1 is 1.45 bits per heavy atom. The average Bonchev–Trinajstić information content (AvgIpc) is 2.32.